The first-order chi connectivity index (χ1) is 11.4. The summed E-state index contributed by atoms with van der Waals surface area (Å²) >= 11 is 0. The molecule has 0 spiro atoms. The summed E-state index contributed by atoms with van der Waals surface area (Å²) < 4.78 is 0. The highest BCUT2D eigenvalue weighted by molar-refractivity contribution is 5.75. The summed E-state index contributed by atoms with van der Waals surface area (Å²) in [6.45, 7) is 12.4. The molecule has 0 rings (SSSR count). The van der Waals surface area contributed by atoms with Crippen molar-refractivity contribution in [3.05, 3.63) is 0 Å². The summed E-state index contributed by atoms with van der Waals surface area (Å²) in [6.07, 6.45) is 4.17. The van der Waals surface area contributed by atoms with Gasteiger partial charge in [0.15, 0.2) is 0 Å². The lowest BCUT2D eigenvalue weighted by molar-refractivity contribution is -0.137. The Labute approximate surface area is 153 Å². The van der Waals surface area contributed by atoms with Crippen molar-refractivity contribution in [3.8, 4) is 0 Å². The number of carbonyl (C=O) groups is 3. The van der Waals surface area contributed by atoms with Crippen LogP contribution in [0.2, 0.25) is 0 Å². The van der Waals surface area contributed by atoms with E-state index < -0.39 is 5.97 Å². The first kappa shape index (κ1) is 28.2. The topological polar surface area (TPSA) is 109 Å². The largest absolute Gasteiger partial charge is 0.481 e. The van der Waals surface area contributed by atoms with Crippen LogP contribution in [0.5, 0.6) is 0 Å². The molecule has 0 heterocycles. The molecule has 0 bridgehead atoms. The van der Waals surface area contributed by atoms with Crippen molar-refractivity contribution >= 4 is 17.8 Å². The van der Waals surface area contributed by atoms with Crippen molar-refractivity contribution in [2.24, 2.45) is 23.5 Å². The standard InChI is InChI=1S/C7H15NO.C6H13NO.C6H12O2/c1-6(2)4-5-7(9)8-3;2*1-5(2)3-4-6(7)8/h6H,4-5H2,1-3H3,(H,8,9);5H,3-4H2,1-2H3,(H2,7,8);5H,3-4H2,1-2H3,(H,7,8). The minimum Gasteiger partial charge on any atom is -0.481 e. The lowest BCUT2D eigenvalue weighted by Gasteiger charge is -2.01. The second-order valence-electron chi connectivity index (χ2n) is 7.33. The van der Waals surface area contributed by atoms with Crippen LogP contribution in [0.1, 0.15) is 80.1 Å². The van der Waals surface area contributed by atoms with E-state index in [4.69, 9.17) is 10.8 Å². The molecule has 0 aromatic carbocycles. The fraction of sp³-hybridized carbons (Fsp3) is 0.842. The predicted octanol–water partition coefficient (Wildman–Crippen LogP) is 3.58. The van der Waals surface area contributed by atoms with Gasteiger partial charge in [0, 0.05) is 26.3 Å². The van der Waals surface area contributed by atoms with E-state index in [0.717, 1.165) is 19.3 Å². The molecule has 0 unspecified atom stereocenters. The number of carboxylic acid groups (broad SMARTS) is 1. The molecule has 4 N–H and O–H groups in total. The summed E-state index contributed by atoms with van der Waals surface area (Å²) in [5, 5.41) is 10.7. The number of aliphatic carboxylic acids is 1. The number of rotatable bonds is 9. The molecule has 150 valence electrons. The SMILES string of the molecule is CC(C)CCC(=O)O.CC(C)CCC(N)=O.CNC(=O)CCC(C)C. The van der Waals surface area contributed by atoms with Crippen molar-refractivity contribution in [2.45, 2.75) is 80.1 Å². The Hall–Kier alpha value is -1.59. The monoisotopic (exact) mass is 360 g/mol. The molecule has 2 amide bonds. The highest BCUT2D eigenvalue weighted by atomic mass is 16.4. The van der Waals surface area contributed by atoms with Crippen LogP contribution in [0.3, 0.4) is 0 Å². The Bertz CT molecular complexity index is 331. The average molecular weight is 361 g/mol. The molecule has 6 nitrogen and oxygen atoms in total. The molecule has 0 aliphatic heterocycles. The van der Waals surface area contributed by atoms with Crippen molar-refractivity contribution in [1.82, 2.24) is 5.32 Å². The van der Waals surface area contributed by atoms with E-state index in [2.05, 4.69) is 33.0 Å². The fourth-order valence-electron chi connectivity index (χ4n) is 1.39. The second-order valence-corrected chi connectivity index (χ2v) is 7.33. The third-order valence-electron chi connectivity index (χ3n) is 3.13. The van der Waals surface area contributed by atoms with Crippen LogP contribution in [0.15, 0.2) is 0 Å². The summed E-state index contributed by atoms with van der Waals surface area (Å²) in [5.74, 6) is 0.969. The summed E-state index contributed by atoms with van der Waals surface area (Å²) in [7, 11) is 1.67. The smallest absolute Gasteiger partial charge is 0.303 e. The molecule has 0 atom stereocenters. The Morgan fingerprint density at radius 3 is 1.36 bits per heavy atom. The zero-order chi connectivity index (χ0) is 20.4. The highest BCUT2D eigenvalue weighted by Crippen LogP contribution is 2.02. The Morgan fingerprint density at radius 2 is 1.16 bits per heavy atom. The maximum Gasteiger partial charge on any atom is 0.303 e. The van der Waals surface area contributed by atoms with Crippen LogP contribution in [0.4, 0.5) is 0 Å². The molecule has 0 aliphatic carbocycles. The number of carboxylic acids is 1. The number of carbonyl (C=O) groups excluding carboxylic acids is 2. The zero-order valence-electron chi connectivity index (χ0n) is 17.2. The lowest BCUT2D eigenvalue weighted by atomic mass is 10.1. The first-order valence-electron chi connectivity index (χ1n) is 9.12. The minimum absolute atomic E-state index is 0.142. The number of primary amides is 1. The van der Waals surface area contributed by atoms with Gasteiger partial charge >= 0.3 is 5.97 Å². The van der Waals surface area contributed by atoms with Crippen LogP contribution in [-0.4, -0.2) is 29.9 Å². The fourth-order valence-corrected chi connectivity index (χ4v) is 1.39. The maximum absolute atomic E-state index is 10.6. The molecule has 0 aromatic rings. The van der Waals surface area contributed by atoms with Crippen LogP contribution in [0, 0.1) is 17.8 Å². The maximum atomic E-state index is 10.6. The van der Waals surface area contributed by atoms with Crippen LogP contribution in [0.25, 0.3) is 0 Å². The second kappa shape index (κ2) is 18.7. The van der Waals surface area contributed by atoms with Gasteiger partial charge in [-0.1, -0.05) is 41.5 Å². The van der Waals surface area contributed by atoms with E-state index >= 15 is 0 Å². The Kier molecular flexibility index (Phi) is 21.2. The Morgan fingerprint density at radius 1 is 0.800 bits per heavy atom. The van der Waals surface area contributed by atoms with Crippen molar-refractivity contribution in [1.29, 1.82) is 0 Å². The van der Waals surface area contributed by atoms with E-state index in [-0.39, 0.29) is 11.8 Å². The van der Waals surface area contributed by atoms with Gasteiger partial charge in [-0.3, -0.25) is 14.4 Å². The third kappa shape index (κ3) is 39.3. The van der Waals surface area contributed by atoms with Gasteiger partial charge in [0.2, 0.25) is 11.8 Å². The molecule has 0 fully saturated rings. The van der Waals surface area contributed by atoms with Gasteiger partial charge in [0.25, 0.3) is 0 Å². The lowest BCUT2D eigenvalue weighted by Crippen LogP contribution is -2.17. The van der Waals surface area contributed by atoms with Gasteiger partial charge in [0.1, 0.15) is 0 Å². The number of hydrogen-bond donors (Lipinski definition) is 3. The van der Waals surface area contributed by atoms with Gasteiger partial charge in [-0.25, -0.2) is 0 Å². The summed E-state index contributed by atoms with van der Waals surface area (Å²) in [4.78, 5) is 30.6. The van der Waals surface area contributed by atoms with Gasteiger partial charge in [-0.05, 0) is 37.0 Å². The van der Waals surface area contributed by atoms with Crippen LogP contribution >= 0.6 is 0 Å². The van der Waals surface area contributed by atoms with E-state index in [9.17, 15) is 14.4 Å². The van der Waals surface area contributed by atoms with Crippen LogP contribution in [-0.2, 0) is 14.4 Å². The van der Waals surface area contributed by atoms with Gasteiger partial charge in [0.05, 0.1) is 0 Å². The van der Waals surface area contributed by atoms with E-state index in [0.29, 0.717) is 37.0 Å². The quantitative estimate of drug-likeness (QED) is 0.583. The van der Waals surface area contributed by atoms with E-state index in [1.807, 2.05) is 13.8 Å². The van der Waals surface area contributed by atoms with Crippen molar-refractivity contribution in [3.63, 3.8) is 0 Å². The molecule has 6 heteroatoms. The summed E-state index contributed by atoms with van der Waals surface area (Å²) in [6, 6.07) is 0. The number of amides is 2. The van der Waals surface area contributed by atoms with Crippen molar-refractivity contribution in [2.75, 3.05) is 7.05 Å². The number of nitrogens with two attached hydrogens (primary N) is 1. The predicted molar refractivity (Wildman–Crippen MR) is 103 cm³/mol. The average Bonchev–Trinajstić information content (AvgIpc) is 2.49. The third-order valence-corrected chi connectivity index (χ3v) is 3.13. The molecular formula is C19H40N2O4. The minimum atomic E-state index is -0.696. The normalized spacial score (nSPS) is 9.84. The summed E-state index contributed by atoms with van der Waals surface area (Å²) in [5.41, 5.74) is 4.90. The van der Waals surface area contributed by atoms with Gasteiger partial charge in [-0.15, -0.1) is 0 Å². The van der Waals surface area contributed by atoms with E-state index in [1.165, 1.54) is 0 Å². The Balaban J connectivity index is -0.000000291. The molecule has 0 saturated carbocycles. The highest BCUT2D eigenvalue weighted by Gasteiger charge is 1.99. The molecule has 0 aliphatic rings. The number of nitrogens with one attached hydrogen (secondary N) is 1. The number of hydrogen-bond acceptors (Lipinski definition) is 3. The molecular weight excluding hydrogens is 320 g/mol. The van der Waals surface area contributed by atoms with E-state index in [1.54, 1.807) is 7.05 Å². The molecule has 0 radical (unpaired) electrons. The first-order valence-corrected chi connectivity index (χ1v) is 9.12. The van der Waals surface area contributed by atoms with Crippen LogP contribution < -0.4 is 11.1 Å². The van der Waals surface area contributed by atoms with Gasteiger partial charge in [-0.2, -0.15) is 0 Å². The molecule has 25 heavy (non-hydrogen) atoms. The van der Waals surface area contributed by atoms with Crippen molar-refractivity contribution < 1.29 is 19.5 Å². The zero-order valence-corrected chi connectivity index (χ0v) is 17.2. The molecule has 0 aromatic heterocycles. The van der Waals surface area contributed by atoms with Gasteiger partial charge < -0.3 is 16.2 Å². The molecule has 0 saturated heterocycles.